The average molecular weight is 450 g/mol. The van der Waals surface area contributed by atoms with Gasteiger partial charge in [0.05, 0.1) is 12.5 Å². The molecule has 4 aromatic rings. The molecule has 2 heterocycles. The number of nitrogens with zero attached hydrogens (tertiary/aromatic N) is 2. The van der Waals surface area contributed by atoms with E-state index >= 15 is 0 Å². The van der Waals surface area contributed by atoms with Crippen LogP contribution in [0.25, 0.3) is 11.4 Å². The van der Waals surface area contributed by atoms with Gasteiger partial charge in [-0.3, -0.25) is 0 Å². The Morgan fingerprint density at radius 2 is 1.56 bits per heavy atom. The van der Waals surface area contributed by atoms with Gasteiger partial charge in [-0.05, 0) is 56.4 Å². The van der Waals surface area contributed by atoms with Gasteiger partial charge in [-0.1, -0.05) is 89.7 Å². The van der Waals surface area contributed by atoms with Gasteiger partial charge >= 0.3 is 0 Å². The summed E-state index contributed by atoms with van der Waals surface area (Å²) in [6, 6.07) is 21.8. The van der Waals surface area contributed by atoms with Crippen LogP contribution in [0.15, 0.2) is 77.5 Å². The normalized spacial score (nSPS) is 15.6. The van der Waals surface area contributed by atoms with Crippen LogP contribution in [0.4, 0.5) is 0 Å². The Labute approximate surface area is 202 Å². The van der Waals surface area contributed by atoms with E-state index in [9.17, 15) is 0 Å². The SMILES string of the molecule is Cc1cc(C)cc(C(Cc2ccc(C)c(C)c2)c2nc(-c3ccc(C[NH+]4C=C[CH-]4)cc3)no2)c1. The Balaban J connectivity index is 1.45. The van der Waals surface area contributed by atoms with Gasteiger partial charge in [0.1, 0.15) is 0 Å². The second-order valence-corrected chi connectivity index (χ2v) is 9.53. The van der Waals surface area contributed by atoms with Crippen LogP contribution < -0.4 is 4.90 Å². The molecule has 0 spiro atoms. The number of rotatable bonds is 7. The summed E-state index contributed by atoms with van der Waals surface area (Å²) in [6.07, 6.45) is 5.05. The van der Waals surface area contributed by atoms with E-state index in [1.165, 1.54) is 43.8 Å². The van der Waals surface area contributed by atoms with Gasteiger partial charge in [0.15, 0.2) is 0 Å². The molecule has 1 N–H and O–H groups in total. The highest BCUT2D eigenvalue weighted by Gasteiger charge is 2.23. The fourth-order valence-corrected chi connectivity index (χ4v) is 4.58. The van der Waals surface area contributed by atoms with Crippen LogP contribution in [0.2, 0.25) is 0 Å². The number of hydrogen-bond acceptors (Lipinski definition) is 3. The van der Waals surface area contributed by atoms with Crippen LogP contribution in [-0.4, -0.2) is 10.1 Å². The molecule has 2 atom stereocenters. The minimum atomic E-state index is -0.00132. The number of aromatic nitrogens is 2. The molecule has 3 aromatic carbocycles. The predicted octanol–water partition coefficient (Wildman–Crippen LogP) is 5.42. The number of benzene rings is 3. The standard InChI is InChI=1S/C30H31N3O/c1-20-14-21(2)16-27(15-20)28(18-25-7-6-22(3)23(4)17-25)30-31-29(32-34-30)26-10-8-24(9-11-26)19-33-12-5-13-33/h5-17,28,33H,18-19H2,1-4H3. The van der Waals surface area contributed by atoms with E-state index in [4.69, 9.17) is 9.51 Å². The zero-order valence-corrected chi connectivity index (χ0v) is 20.3. The first-order chi connectivity index (χ1) is 16.4. The lowest BCUT2D eigenvalue weighted by atomic mass is 9.89. The largest absolute Gasteiger partial charge is 0.421 e. The number of nitrogens with one attached hydrogen (secondary N) is 1. The molecule has 0 saturated carbocycles. The van der Waals surface area contributed by atoms with E-state index in [0.29, 0.717) is 11.7 Å². The third kappa shape index (κ3) is 4.82. The second-order valence-electron chi connectivity index (χ2n) is 9.53. The molecule has 0 radical (unpaired) electrons. The van der Waals surface area contributed by atoms with Crippen LogP contribution >= 0.6 is 0 Å². The third-order valence-electron chi connectivity index (χ3n) is 6.64. The summed E-state index contributed by atoms with van der Waals surface area (Å²) in [5, 5.41) is 4.36. The van der Waals surface area contributed by atoms with Crippen LogP contribution in [0.1, 0.15) is 50.8 Å². The molecule has 4 nitrogen and oxygen atoms in total. The molecule has 172 valence electrons. The average Bonchev–Trinajstić information content (AvgIpc) is 3.26. The van der Waals surface area contributed by atoms with Crippen molar-refractivity contribution in [2.75, 3.05) is 0 Å². The predicted molar refractivity (Wildman–Crippen MR) is 135 cm³/mol. The maximum absolute atomic E-state index is 5.88. The number of hydrogen-bond donors (Lipinski definition) is 1. The van der Waals surface area contributed by atoms with Gasteiger partial charge in [-0.2, -0.15) is 4.98 Å². The first kappa shape index (κ1) is 22.2. The van der Waals surface area contributed by atoms with Crippen molar-refractivity contribution in [3.05, 3.63) is 124 Å². The molecular weight excluding hydrogens is 418 g/mol. The first-order valence-corrected chi connectivity index (χ1v) is 11.9. The van der Waals surface area contributed by atoms with Gasteiger partial charge in [0.2, 0.25) is 11.7 Å². The molecule has 34 heavy (non-hydrogen) atoms. The van der Waals surface area contributed by atoms with Gasteiger partial charge < -0.3 is 9.42 Å². The zero-order valence-electron chi connectivity index (χ0n) is 20.3. The van der Waals surface area contributed by atoms with Crippen molar-refractivity contribution in [2.45, 2.75) is 46.6 Å². The van der Waals surface area contributed by atoms with E-state index in [1.807, 2.05) is 0 Å². The van der Waals surface area contributed by atoms with Crippen molar-refractivity contribution in [2.24, 2.45) is 0 Å². The molecule has 1 aliphatic heterocycles. The summed E-state index contributed by atoms with van der Waals surface area (Å²) in [5.74, 6) is 1.30. The Morgan fingerprint density at radius 3 is 2.21 bits per heavy atom. The van der Waals surface area contributed by atoms with Gasteiger partial charge in [0, 0.05) is 11.1 Å². The molecule has 4 heteroatoms. The minimum absolute atomic E-state index is 0.00132. The third-order valence-corrected chi connectivity index (χ3v) is 6.64. The number of quaternary nitrogens is 1. The highest BCUT2D eigenvalue weighted by molar-refractivity contribution is 5.55. The summed E-state index contributed by atoms with van der Waals surface area (Å²) >= 11 is 0. The van der Waals surface area contributed by atoms with E-state index < -0.39 is 0 Å². The van der Waals surface area contributed by atoms with E-state index in [1.54, 1.807) is 0 Å². The lowest BCUT2D eigenvalue weighted by molar-refractivity contribution is -0.840. The maximum atomic E-state index is 5.88. The maximum Gasteiger partial charge on any atom is 0.234 e. The summed E-state index contributed by atoms with van der Waals surface area (Å²) < 4.78 is 5.88. The summed E-state index contributed by atoms with van der Waals surface area (Å²) in [7, 11) is 0. The van der Waals surface area contributed by atoms with Crippen molar-refractivity contribution in [3.8, 4) is 11.4 Å². The first-order valence-electron chi connectivity index (χ1n) is 11.9. The van der Waals surface area contributed by atoms with Gasteiger partial charge in [-0.15, -0.1) is 6.08 Å². The lowest BCUT2D eigenvalue weighted by Crippen LogP contribution is -3.06. The van der Waals surface area contributed by atoms with Crippen molar-refractivity contribution in [3.63, 3.8) is 0 Å². The molecule has 2 unspecified atom stereocenters. The Kier molecular flexibility index (Phi) is 6.08. The van der Waals surface area contributed by atoms with Gasteiger partial charge in [0.25, 0.3) is 0 Å². The van der Waals surface area contributed by atoms with E-state index in [2.05, 4.69) is 112 Å². The minimum Gasteiger partial charge on any atom is -0.421 e. The van der Waals surface area contributed by atoms with Crippen LogP contribution in [0.3, 0.4) is 0 Å². The molecule has 1 aromatic heterocycles. The number of aryl methyl sites for hydroxylation is 4. The summed E-state index contributed by atoms with van der Waals surface area (Å²) in [5.41, 5.74) is 9.83. The highest BCUT2D eigenvalue weighted by Crippen LogP contribution is 2.31. The Bertz CT molecular complexity index is 1310. The Morgan fingerprint density at radius 1 is 0.853 bits per heavy atom. The van der Waals surface area contributed by atoms with E-state index in [0.717, 1.165) is 18.5 Å². The van der Waals surface area contributed by atoms with E-state index in [-0.39, 0.29) is 5.92 Å². The van der Waals surface area contributed by atoms with Gasteiger partial charge in [-0.25, -0.2) is 0 Å². The topological polar surface area (TPSA) is 43.4 Å². The molecule has 1 aliphatic rings. The fraction of sp³-hybridized carbons (Fsp3) is 0.233. The van der Waals surface area contributed by atoms with Crippen molar-refractivity contribution in [1.82, 2.24) is 10.1 Å². The summed E-state index contributed by atoms with van der Waals surface area (Å²) in [4.78, 5) is 6.23. The zero-order chi connectivity index (χ0) is 23.7. The second kappa shape index (κ2) is 9.32. The summed E-state index contributed by atoms with van der Waals surface area (Å²) in [6.45, 7) is 11.7. The highest BCUT2D eigenvalue weighted by atomic mass is 16.5. The molecule has 0 amide bonds. The van der Waals surface area contributed by atoms with Crippen LogP contribution in [0, 0.1) is 34.2 Å². The monoisotopic (exact) mass is 449 g/mol. The Hall–Kier alpha value is -3.63. The van der Waals surface area contributed by atoms with Crippen LogP contribution in [-0.2, 0) is 13.0 Å². The molecule has 0 bridgehead atoms. The molecule has 5 rings (SSSR count). The quantitative estimate of drug-likeness (QED) is 0.383. The van der Waals surface area contributed by atoms with Crippen molar-refractivity contribution >= 4 is 0 Å². The smallest absolute Gasteiger partial charge is 0.234 e. The molecule has 0 aliphatic carbocycles. The van der Waals surface area contributed by atoms with Crippen molar-refractivity contribution < 1.29 is 9.42 Å². The molecular formula is C30H31N3O. The van der Waals surface area contributed by atoms with Crippen LogP contribution in [0.5, 0.6) is 0 Å². The van der Waals surface area contributed by atoms with Crippen molar-refractivity contribution in [1.29, 1.82) is 0 Å². The fourth-order valence-electron chi connectivity index (χ4n) is 4.58. The molecule has 0 saturated heterocycles. The molecule has 0 fully saturated rings. The lowest BCUT2D eigenvalue weighted by Gasteiger charge is -2.29.